The molecule has 0 saturated heterocycles. The van der Waals surface area contributed by atoms with Gasteiger partial charge in [-0.25, -0.2) is 4.79 Å². The van der Waals surface area contributed by atoms with Crippen molar-refractivity contribution in [2.24, 2.45) is 5.92 Å². The standard InChI is InChI=1S/C34H39N3O3Si/c1-34(2,3)41(30-15-9-5-10-16-30,31-17-11-6-12-18-31)40-25-28-22-29(21-27(28)24-38)37-20-19-32(36-33(37)39)35-23-26-13-7-4-8-14-26/h4-21,28-29,38H,22-25H2,1-3H3,(H,35,36,39)/t28-,29+/m1/s1. The molecule has 1 aliphatic rings. The molecule has 2 N–H and O–H groups in total. The van der Waals surface area contributed by atoms with Crippen molar-refractivity contribution in [3.8, 4) is 0 Å². The third kappa shape index (κ3) is 6.12. The molecule has 3 aromatic carbocycles. The van der Waals surface area contributed by atoms with Gasteiger partial charge >= 0.3 is 5.69 Å². The molecule has 0 amide bonds. The van der Waals surface area contributed by atoms with Crippen LogP contribution in [0.1, 0.15) is 38.8 Å². The molecule has 2 atom stereocenters. The van der Waals surface area contributed by atoms with Gasteiger partial charge in [-0.15, -0.1) is 0 Å². The fraction of sp³-hybridized carbons (Fsp3) is 0.294. The maximum atomic E-state index is 13.1. The number of nitrogens with one attached hydrogen (secondary N) is 1. The van der Waals surface area contributed by atoms with Crippen LogP contribution in [-0.2, 0) is 11.0 Å². The summed E-state index contributed by atoms with van der Waals surface area (Å²) < 4.78 is 8.82. The van der Waals surface area contributed by atoms with E-state index in [-0.39, 0.29) is 29.3 Å². The summed E-state index contributed by atoms with van der Waals surface area (Å²) in [5.41, 5.74) is 1.72. The van der Waals surface area contributed by atoms with Crippen LogP contribution in [0, 0.1) is 5.92 Å². The average molecular weight is 566 g/mol. The summed E-state index contributed by atoms with van der Waals surface area (Å²) in [6.45, 7) is 7.78. The van der Waals surface area contributed by atoms with Gasteiger partial charge in [0, 0.05) is 25.3 Å². The first-order valence-corrected chi connectivity index (χ1v) is 16.2. The smallest absolute Gasteiger partial charge is 0.350 e. The first-order valence-electron chi connectivity index (χ1n) is 14.3. The molecule has 1 aliphatic carbocycles. The second-order valence-electron chi connectivity index (χ2n) is 11.7. The van der Waals surface area contributed by atoms with Crippen molar-refractivity contribution >= 4 is 24.5 Å². The number of hydrogen-bond acceptors (Lipinski definition) is 5. The molecule has 7 heteroatoms. The predicted molar refractivity (Wildman–Crippen MR) is 168 cm³/mol. The van der Waals surface area contributed by atoms with E-state index in [0.29, 0.717) is 25.4 Å². The molecule has 0 unspecified atom stereocenters. The third-order valence-electron chi connectivity index (χ3n) is 8.06. The van der Waals surface area contributed by atoms with Crippen LogP contribution in [0.2, 0.25) is 5.04 Å². The summed E-state index contributed by atoms with van der Waals surface area (Å²) in [5.74, 6) is 0.542. The fourth-order valence-electron chi connectivity index (χ4n) is 5.98. The van der Waals surface area contributed by atoms with Crippen LogP contribution in [0.15, 0.2) is 120 Å². The van der Waals surface area contributed by atoms with Crippen molar-refractivity contribution < 1.29 is 9.53 Å². The minimum atomic E-state index is -2.71. The van der Waals surface area contributed by atoms with Crippen LogP contribution in [0.25, 0.3) is 0 Å². The lowest BCUT2D eigenvalue weighted by atomic mass is 10.0. The number of anilines is 1. The Balaban J connectivity index is 1.36. The monoisotopic (exact) mass is 565 g/mol. The number of rotatable bonds is 10. The molecular weight excluding hydrogens is 526 g/mol. The Morgan fingerprint density at radius 1 is 0.927 bits per heavy atom. The highest BCUT2D eigenvalue weighted by Crippen LogP contribution is 2.39. The van der Waals surface area contributed by atoms with Crippen molar-refractivity contribution in [1.82, 2.24) is 9.55 Å². The van der Waals surface area contributed by atoms with Gasteiger partial charge < -0.3 is 14.8 Å². The Morgan fingerprint density at radius 3 is 2.05 bits per heavy atom. The minimum absolute atomic E-state index is 0.00516. The van der Waals surface area contributed by atoms with Crippen LogP contribution in [0.3, 0.4) is 0 Å². The second-order valence-corrected chi connectivity index (χ2v) is 16.0. The van der Waals surface area contributed by atoms with Gasteiger partial charge in [0.05, 0.1) is 12.6 Å². The van der Waals surface area contributed by atoms with E-state index < -0.39 is 8.32 Å². The van der Waals surface area contributed by atoms with Gasteiger partial charge in [0.1, 0.15) is 5.82 Å². The molecule has 1 heterocycles. The summed E-state index contributed by atoms with van der Waals surface area (Å²) in [6, 6.07) is 32.8. The molecule has 5 rings (SSSR count). The van der Waals surface area contributed by atoms with Gasteiger partial charge in [-0.05, 0) is 39.0 Å². The summed E-state index contributed by atoms with van der Waals surface area (Å²) in [7, 11) is -2.71. The van der Waals surface area contributed by atoms with Gasteiger partial charge in [-0.1, -0.05) is 118 Å². The zero-order valence-electron chi connectivity index (χ0n) is 24.0. The lowest BCUT2D eigenvalue weighted by molar-refractivity contribution is 0.229. The van der Waals surface area contributed by atoms with E-state index >= 15 is 0 Å². The van der Waals surface area contributed by atoms with Crippen molar-refractivity contribution in [2.75, 3.05) is 18.5 Å². The number of nitrogens with zero attached hydrogens (tertiary/aromatic N) is 2. The van der Waals surface area contributed by atoms with Gasteiger partial charge in [0.15, 0.2) is 0 Å². The van der Waals surface area contributed by atoms with Crippen LogP contribution >= 0.6 is 0 Å². The Kier molecular flexibility index (Phi) is 8.68. The molecule has 0 spiro atoms. The minimum Gasteiger partial charge on any atom is -0.407 e. The highest BCUT2D eigenvalue weighted by molar-refractivity contribution is 6.99. The van der Waals surface area contributed by atoms with Crippen molar-refractivity contribution in [1.29, 1.82) is 0 Å². The summed E-state index contributed by atoms with van der Waals surface area (Å²) in [6.07, 6.45) is 4.48. The molecule has 4 aromatic rings. The normalized spacial score (nSPS) is 17.3. The molecule has 0 radical (unpaired) electrons. The number of hydrogen-bond donors (Lipinski definition) is 2. The summed E-state index contributed by atoms with van der Waals surface area (Å²) >= 11 is 0. The van der Waals surface area contributed by atoms with E-state index in [2.05, 4.69) is 79.6 Å². The maximum Gasteiger partial charge on any atom is 0.350 e. The highest BCUT2D eigenvalue weighted by Gasteiger charge is 2.50. The fourth-order valence-corrected chi connectivity index (χ4v) is 10.6. The highest BCUT2D eigenvalue weighted by atomic mass is 28.4. The number of allylic oxidation sites excluding steroid dienone is 1. The zero-order valence-corrected chi connectivity index (χ0v) is 25.0. The molecule has 212 valence electrons. The molecule has 0 saturated carbocycles. The Morgan fingerprint density at radius 2 is 1.51 bits per heavy atom. The average Bonchev–Trinajstić information content (AvgIpc) is 3.40. The van der Waals surface area contributed by atoms with Crippen molar-refractivity contribution in [3.05, 3.63) is 131 Å². The van der Waals surface area contributed by atoms with Crippen LogP contribution in [0.5, 0.6) is 0 Å². The first kappa shape index (κ1) is 28.7. The molecule has 0 bridgehead atoms. The maximum absolute atomic E-state index is 13.1. The van der Waals surface area contributed by atoms with Crippen LogP contribution in [-0.4, -0.2) is 36.2 Å². The Bertz CT molecular complexity index is 1480. The third-order valence-corrected chi connectivity index (χ3v) is 13.1. The molecule has 0 aliphatic heterocycles. The number of aliphatic hydroxyl groups is 1. The zero-order chi connectivity index (χ0) is 28.9. The predicted octanol–water partition coefficient (Wildman–Crippen LogP) is 4.91. The van der Waals surface area contributed by atoms with Gasteiger partial charge in [-0.3, -0.25) is 4.57 Å². The van der Waals surface area contributed by atoms with Gasteiger partial charge in [0.2, 0.25) is 0 Å². The van der Waals surface area contributed by atoms with E-state index in [4.69, 9.17) is 4.43 Å². The number of aliphatic hydroxyl groups excluding tert-OH is 1. The second kappa shape index (κ2) is 12.4. The molecular formula is C34H39N3O3Si. The van der Waals surface area contributed by atoms with Crippen molar-refractivity contribution in [3.63, 3.8) is 0 Å². The Hall–Kier alpha value is -3.78. The molecule has 0 fully saturated rings. The number of benzene rings is 3. The van der Waals surface area contributed by atoms with Gasteiger partial charge in [0.25, 0.3) is 8.32 Å². The lowest BCUT2D eigenvalue weighted by Crippen LogP contribution is -2.66. The van der Waals surface area contributed by atoms with E-state index in [9.17, 15) is 9.90 Å². The SMILES string of the molecule is CC(C)(C)[Si](OC[C@H]1C[C@@H](n2ccc(NCc3ccccc3)nc2=O)C=C1CO)(c1ccccc1)c1ccccc1. The molecule has 41 heavy (non-hydrogen) atoms. The van der Waals surface area contributed by atoms with Crippen LogP contribution in [0.4, 0.5) is 5.82 Å². The van der Waals surface area contributed by atoms with E-state index in [1.54, 1.807) is 10.8 Å². The molecule has 6 nitrogen and oxygen atoms in total. The van der Waals surface area contributed by atoms with E-state index in [1.165, 1.54) is 10.4 Å². The van der Waals surface area contributed by atoms with E-state index in [0.717, 1.165) is 11.1 Å². The van der Waals surface area contributed by atoms with E-state index in [1.807, 2.05) is 54.6 Å². The summed E-state index contributed by atoms with van der Waals surface area (Å²) in [5, 5.41) is 15.8. The van der Waals surface area contributed by atoms with Crippen LogP contribution < -0.4 is 21.4 Å². The summed E-state index contributed by atoms with van der Waals surface area (Å²) in [4.78, 5) is 17.3. The van der Waals surface area contributed by atoms with Gasteiger partial charge in [-0.2, -0.15) is 4.98 Å². The molecule has 1 aromatic heterocycles. The quantitative estimate of drug-likeness (QED) is 0.211. The van der Waals surface area contributed by atoms with Crippen molar-refractivity contribution in [2.45, 2.75) is 44.8 Å². The largest absolute Gasteiger partial charge is 0.407 e. The first-order chi connectivity index (χ1) is 19.8. The number of aromatic nitrogens is 2. The Labute approximate surface area is 243 Å². The topological polar surface area (TPSA) is 76.4 Å². The lowest BCUT2D eigenvalue weighted by Gasteiger charge is -2.43.